The van der Waals surface area contributed by atoms with E-state index in [1.54, 1.807) is 10.9 Å². The highest BCUT2D eigenvalue weighted by Gasteiger charge is 2.12. The second-order valence-corrected chi connectivity index (χ2v) is 6.62. The van der Waals surface area contributed by atoms with Gasteiger partial charge in [-0.05, 0) is 36.0 Å². The van der Waals surface area contributed by atoms with Crippen molar-refractivity contribution in [3.8, 4) is 5.75 Å². The minimum Gasteiger partial charge on any atom is -0.494 e. The molecule has 3 rings (SSSR count). The van der Waals surface area contributed by atoms with E-state index in [1.165, 1.54) is 25.3 Å². The number of hydrogen-bond acceptors (Lipinski definition) is 5. The number of rotatable bonds is 6. The molecule has 144 valence electrons. The van der Waals surface area contributed by atoms with Crippen molar-refractivity contribution in [2.45, 2.75) is 6.54 Å². The highest BCUT2D eigenvalue weighted by atomic mass is 35.5. The maximum absolute atomic E-state index is 10.9. The molecule has 28 heavy (non-hydrogen) atoms. The number of nitrogens with one attached hydrogen (secondary N) is 2. The molecule has 0 spiro atoms. The van der Waals surface area contributed by atoms with Crippen LogP contribution in [0, 0.1) is 10.1 Å². The van der Waals surface area contributed by atoms with Crippen LogP contribution in [0.5, 0.6) is 5.75 Å². The fourth-order valence-electron chi connectivity index (χ4n) is 2.47. The molecule has 0 atom stereocenters. The van der Waals surface area contributed by atoms with E-state index in [9.17, 15) is 10.1 Å². The van der Waals surface area contributed by atoms with Gasteiger partial charge in [0.25, 0.3) is 5.69 Å². The van der Waals surface area contributed by atoms with Gasteiger partial charge in [-0.25, -0.2) is 0 Å². The van der Waals surface area contributed by atoms with Crippen molar-refractivity contribution < 1.29 is 9.66 Å². The zero-order valence-electron chi connectivity index (χ0n) is 14.8. The number of ether oxygens (including phenoxy) is 1. The van der Waals surface area contributed by atoms with Gasteiger partial charge in [-0.15, -0.1) is 0 Å². The molecular weight excluding hydrogens is 402 g/mol. The highest BCUT2D eigenvalue weighted by Crippen LogP contribution is 2.29. The third kappa shape index (κ3) is 4.96. The second kappa shape index (κ2) is 8.68. The molecule has 1 heterocycles. The number of nitro benzene ring substituents is 1. The summed E-state index contributed by atoms with van der Waals surface area (Å²) < 4.78 is 6.95. The Morgan fingerprint density at radius 2 is 2.04 bits per heavy atom. The molecule has 0 bridgehead atoms. The van der Waals surface area contributed by atoms with Crippen LogP contribution in [0.1, 0.15) is 5.56 Å². The monoisotopic (exact) mass is 417 g/mol. The van der Waals surface area contributed by atoms with Gasteiger partial charge in [-0.1, -0.05) is 23.7 Å². The van der Waals surface area contributed by atoms with Gasteiger partial charge in [0.05, 0.1) is 42.2 Å². The molecule has 0 saturated carbocycles. The van der Waals surface area contributed by atoms with Crippen LogP contribution in [-0.2, 0) is 6.54 Å². The first-order valence-corrected chi connectivity index (χ1v) is 8.90. The van der Waals surface area contributed by atoms with Crippen LogP contribution in [-0.4, -0.2) is 26.9 Å². The van der Waals surface area contributed by atoms with Crippen molar-refractivity contribution >= 4 is 46.0 Å². The lowest BCUT2D eigenvalue weighted by Gasteiger charge is -2.12. The number of nitrogens with zero attached hydrogens (tertiary/aromatic N) is 3. The summed E-state index contributed by atoms with van der Waals surface area (Å²) in [7, 11) is 1.43. The van der Waals surface area contributed by atoms with E-state index in [0.717, 1.165) is 5.56 Å². The maximum atomic E-state index is 10.9. The van der Waals surface area contributed by atoms with Crippen LogP contribution in [0.25, 0.3) is 0 Å². The van der Waals surface area contributed by atoms with E-state index in [0.29, 0.717) is 33.8 Å². The molecule has 2 aromatic carbocycles. The molecule has 8 nitrogen and oxygen atoms in total. The third-order valence-corrected chi connectivity index (χ3v) is 4.25. The Bertz CT molecular complexity index is 1010. The normalized spacial score (nSPS) is 10.4. The quantitative estimate of drug-likeness (QED) is 0.350. The molecule has 0 aliphatic carbocycles. The number of methoxy groups -OCH3 is 1. The number of anilines is 2. The zero-order valence-corrected chi connectivity index (χ0v) is 16.3. The highest BCUT2D eigenvalue weighted by molar-refractivity contribution is 7.80. The Balaban J connectivity index is 1.63. The number of aromatic nitrogens is 2. The van der Waals surface area contributed by atoms with E-state index < -0.39 is 4.92 Å². The van der Waals surface area contributed by atoms with E-state index in [-0.39, 0.29) is 5.69 Å². The molecular formula is C18H16ClN5O3S. The fraction of sp³-hybridized carbons (Fsp3) is 0.111. The number of benzene rings is 2. The first kappa shape index (κ1) is 19.6. The van der Waals surface area contributed by atoms with E-state index in [1.807, 2.05) is 30.5 Å². The summed E-state index contributed by atoms with van der Waals surface area (Å²) in [5.41, 5.74) is 2.21. The fourth-order valence-corrected chi connectivity index (χ4v) is 2.83. The lowest BCUT2D eigenvalue weighted by Crippen LogP contribution is -2.19. The lowest BCUT2D eigenvalue weighted by atomic mass is 10.2. The SMILES string of the molecule is COc1cc([N+](=O)[O-])ccc1NC(=S)Nc1cnn(Cc2ccc(Cl)cc2)c1. The molecule has 1 aromatic heterocycles. The average molecular weight is 418 g/mol. The second-order valence-electron chi connectivity index (χ2n) is 5.77. The first-order valence-electron chi connectivity index (χ1n) is 8.12. The smallest absolute Gasteiger partial charge is 0.273 e. The number of nitro groups is 1. The predicted octanol–water partition coefficient (Wildman–Crippen LogP) is 4.31. The van der Waals surface area contributed by atoms with E-state index in [4.69, 9.17) is 28.6 Å². The van der Waals surface area contributed by atoms with Gasteiger partial charge in [0.1, 0.15) is 5.75 Å². The Morgan fingerprint density at radius 1 is 1.29 bits per heavy atom. The van der Waals surface area contributed by atoms with Crippen molar-refractivity contribution in [3.05, 3.63) is 75.6 Å². The van der Waals surface area contributed by atoms with Gasteiger partial charge >= 0.3 is 0 Å². The van der Waals surface area contributed by atoms with Crippen LogP contribution in [0.2, 0.25) is 5.02 Å². The summed E-state index contributed by atoms with van der Waals surface area (Å²) in [6.07, 6.45) is 3.46. The molecule has 0 radical (unpaired) electrons. The summed E-state index contributed by atoms with van der Waals surface area (Å²) in [4.78, 5) is 10.4. The first-order chi connectivity index (χ1) is 13.4. The Morgan fingerprint density at radius 3 is 2.71 bits per heavy atom. The molecule has 3 aromatic rings. The van der Waals surface area contributed by atoms with Gasteiger partial charge < -0.3 is 15.4 Å². The average Bonchev–Trinajstić information content (AvgIpc) is 3.10. The minimum atomic E-state index is -0.488. The van der Waals surface area contributed by atoms with Crippen LogP contribution >= 0.6 is 23.8 Å². The Kier molecular flexibility index (Phi) is 6.07. The zero-order chi connectivity index (χ0) is 20.1. The van der Waals surface area contributed by atoms with Crippen LogP contribution in [0.15, 0.2) is 54.9 Å². The van der Waals surface area contributed by atoms with Crippen molar-refractivity contribution in [2.24, 2.45) is 0 Å². The molecule has 0 saturated heterocycles. The lowest BCUT2D eigenvalue weighted by molar-refractivity contribution is -0.384. The molecule has 0 aliphatic rings. The minimum absolute atomic E-state index is 0.0650. The summed E-state index contributed by atoms with van der Waals surface area (Å²) in [6, 6.07) is 11.8. The molecule has 0 unspecified atom stereocenters. The van der Waals surface area contributed by atoms with Gasteiger partial charge in [0.15, 0.2) is 5.11 Å². The van der Waals surface area contributed by atoms with Crippen molar-refractivity contribution in [1.29, 1.82) is 0 Å². The summed E-state index contributed by atoms with van der Waals surface area (Å²) in [5.74, 6) is 0.316. The summed E-state index contributed by atoms with van der Waals surface area (Å²) in [6.45, 7) is 0.592. The van der Waals surface area contributed by atoms with Crippen LogP contribution < -0.4 is 15.4 Å². The molecule has 10 heteroatoms. The Hall–Kier alpha value is -3.17. The molecule has 2 N–H and O–H groups in total. The number of non-ortho nitro benzene ring substituents is 1. The Labute approximate surface area is 171 Å². The predicted molar refractivity (Wildman–Crippen MR) is 112 cm³/mol. The molecule has 0 aliphatic heterocycles. The number of halogens is 1. The van der Waals surface area contributed by atoms with Crippen LogP contribution in [0.4, 0.5) is 17.1 Å². The van der Waals surface area contributed by atoms with Gasteiger partial charge in [-0.2, -0.15) is 5.10 Å². The van der Waals surface area contributed by atoms with Crippen molar-refractivity contribution in [1.82, 2.24) is 9.78 Å². The standard InChI is InChI=1S/C18H16ClN5O3S/c1-27-17-8-15(24(25)26)6-7-16(17)22-18(28)21-14-9-20-23(11-14)10-12-2-4-13(19)5-3-12/h2-9,11H,10H2,1H3,(H2,21,22,28). The third-order valence-electron chi connectivity index (χ3n) is 3.79. The maximum Gasteiger partial charge on any atom is 0.273 e. The molecule has 0 fully saturated rings. The van der Waals surface area contributed by atoms with Gasteiger partial charge in [-0.3, -0.25) is 14.8 Å². The van der Waals surface area contributed by atoms with Crippen molar-refractivity contribution in [3.63, 3.8) is 0 Å². The van der Waals surface area contributed by atoms with E-state index in [2.05, 4.69) is 15.7 Å². The molecule has 0 amide bonds. The number of hydrogen-bond donors (Lipinski definition) is 2. The van der Waals surface area contributed by atoms with E-state index >= 15 is 0 Å². The summed E-state index contributed by atoms with van der Waals surface area (Å²) >= 11 is 11.2. The van der Waals surface area contributed by atoms with Crippen molar-refractivity contribution in [2.75, 3.05) is 17.7 Å². The van der Waals surface area contributed by atoms with Crippen LogP contribution in [0.3, 0.4) is 0 Å². The number of thiocarbonyl (C=S) groups is 1. The topological polar surface area (TPSA) is 94.2 Å². The van der Waals surface area contributed by atoms with Gasteiger partial charge in [0.2, 0.25) is 0 Å². The van der Waals surface area contributed by atoms with Gasteiger partial charge in [0, 0.05) is 17.3 Å². The largest absolute Gasteiger partial charge is 0.494 e. The summed E-state index contributed by atoms with van der Waals surface area (Å²) in [5, 5.41) is 22.1.